The van der Waals surface area contributed by atoms with Crippen molar-refractivity contribution >= 4 is 17.6 Å². The normalized spacial score (nSPS) is 11.3. The summed E-state index contributed by atoms with van der Waals surface area (Å²) in [6.45, 7) is 6.64. The summed E-state index contributed by atoms with van der Waals surface area (Å²) in [5.74, 6) is 14.5. The fourth-order valence-corrected chi connectivity index (χ4v) is 4.54. The molecule has 0 atom stereocenters. The minimum absolute atomic E-state index is 0.0878. The van der Waals surface area contributed by atoms with Crippen molar-refractivity contribution in [2.45, 2.75) is 39.5 Å². The molecule has 0 bridgehead atoms. The Morgan fingerprint density at radius 3 is 1.31 bits per heavy atom. The Morgan fingerprint density at radius 1 is 0.556 bits per heavy atom. The minimum atomic E-state index is 0.0878. The van der Waals surface area contributed by atoms with Gasteiger partial charge in [0, 0.05) is 55.1 Å². The Kier molecular flexibility index (Phi) is 14.2. The number of nitrogens with two attached hydrogens (primary N) is 5. The van der Waals surface area contributed by atoms with Crippen LogP contribution in [0.5, 0.6) is 0 Å². The smallest absolute Gasteiger partial charge is 0.185 e. The summed E-state index contributed by atoms with van der Waals surface area (Å²) in [5, 5.41) is 3.18. The number of hydrogen-bond donors (Lipinski definition) is 6. The van der Waals surface area contributed by atoms with E-state index in [2.05, 4.69) is 80.4 Å². The number of rotatable bonds is 13. The van der Waals surface area contributed by atoms with Crippen molar-refractivity contribution in [1.82, 2.24) is 5.32 Å². The second kappa shape index (κ2) is 18.5. The molecule has 45 heavy (non-hydrogen) atoms. The Hall–Kier alpha value is -5.09. The second-order valence-electron chi connectivity index (χ2n) is 10.7. The molecule has 11 N–H and O–H groups in total. The van der Waals surface area contributed by atoms with Crippen molar-refractivity contribution in [3.8, 4) is 23.7 Å². The van der Waals surface area contributed by atoms with Gasteiger partial charge in [0.15, 0.2) is 5.96 Å². The summed E-state index contributed by atoms with van der Waals surface area (Å²) in [6, 6.07) is 20.8. The standard InChI is InChI=1S/C36H45N9/c1-26(38)43-16-12-33-20-30(19-32(23-33)11-15-42-25-37)9-7-28-3-5-29(6-4-28)8-10-31-21-34(13-17-44-27(2)39)24-35(22-31)14-18-45-36(40)41/h3-6,19-24,42H,11-18,25,37H2,1-2H3,(H2,38,43)(H2,39,44)(H4,40,41,45). The first-order valence-electron chi connectivity index (χ1n) is 15.1. The van der Waals surface area contributed by atoms with Gasteiger partial charge in [0.05, 0.1) is 11.7 Å². The maximum absolute atomic E-state index is 5.71. The Morgan fingerprint density at radius 2 is 0.933 bits per heavy atom. The van der Waals surface area contributed by atoms with E-state index in [4.69, 9.17) is 28.7 Å². The zero-order chi connectivity index (χ0) is 32.4. The van der Waals surface area contributed by atoms with Gasteiger partial charge in [0.1, 0.15) is 0 Å². The molecular weight excluding hydrogens is 558 g/mol. The third-order valence-electron chi connectivity index (χ3n) is 6.65. The van der Waals surface area contributed by atoms with Crippen molar-refractivity contribution in [2.75, 3.05) is 32.8 Å². The highest BCUT2D eigenvalue weighted by atomic mass is 15.0. The summed E-state index contributed by atoms with van der Waals surface area (Å²) in [5.41, 5.74) is 36.4. The molecule has 0 heterocycles. The van der Waals surface area contributed by atoms with Gasteiger partial charge < -0.3 is 34.0 Å². The minimum Gasteiger partial charge on any atom is -0.388 e. The van der Waals surface area contributed by atoms with Crippen LogP contribution in [0.1, 0.15) is 58.4 Å². The van der Waals surface area contributed by atoms with E-state index in [9.17, 15) is 0 Å². The number of hydrogen-bond acceptors (Lipinski definition) is 5. The van der Waals surface area contributed by atoms with E-state index in [0.717, 1.165) is 59.2 Å². The largest absolute Gasteiger partial charge is 0.388 e. The van der Waals surface area contributed by atoms with E-state index in [-0.39, 0.29) is 5.96 Å². The molecule has 0 spiro atoms. The lowest BCUT2D eigenvalue weighted by Gasteiger charge is -2.07. The molecule has 0 aliphatic carbocycles. The van der Waals surface area contributed by atoms with E-state index >= 15 is 0 Å². The average Bonchev–Trinajstić information content (AvgIpc) is 2.99. The predicted octanol–water partition coefficient (Wildman–Crippen LogP) is 2.19. The molecular formula is C36H45N9. The molecule has 0 aliphatic rings. The molecule has 0 saturated heterocycles. The maximum atomic E-state index is 5.71. The van der Waals surface area contributed by atoms with Gasteiger partial charge in [0.25, 0.3) is 0 Å². The number of benzene rings is 3. The Bertz CT molecular complexity index is 1580. The summed E-state index contributed by atoms with van der Waals surface area (Å²) < 4.78 is 0. The van der Waals surface area contributed by atoms with Crippen LogP contribution in [0.2, 0.25) is 0 Å². The van der Waals surface area contributed by atoms with Gasteiger partial charge in [0.2, 0.25) is 0 Å². The van der Waals surface area contributed by atoms with E-state index in [0.29, 0.717) is 44.4 Å². The highest BCUT2D eigenvalue weighted by molar-refractivity contribution is 5.77. The van der Waals surface area contributed by atoms with Crippen molar-refractivity contribution < 1.29 is 0 Å². The Labute approximate surface area is 267 Å². The quantitative estimate of drug-likeness (QED) is 0.0573. The summed E-state index contributed by atoms with van der Waals surface area (Å²) in [7, 11) is 0. The number of nitrogens with one attached hydrogen (secondary N) is 1. The third-order valence-corrected chi connectivity index (χ3v) is 6.65. The molecule has 9 heteroatoms. The molecule has 0 aromatic heterocycles. The third kappa shape index (κ3) is 13.8. The van der Waals surface area contributed by atoms with Crippen molar-refractivity contribution in [1.29, 1.82) is 0 Å². The Balaban J connectivity index is 1.77. The zero-order valence-electron chi connectivity index (χ0n) is 26.4. The molecule has 0 fully saturated rings. The van der Waals surface area contributed by atoms with Crippen LogP contribution in [0.25, 0.3) is 0 Å². The van der Waals surface area contributed by atoms with Crippen molar-refractivity contribution in [3.05, 3.63) is 105 Å². The molecule has 3 aromatic rings. The summed E-state index contributed by atoms with van der Waals surface area (Å²) in [4.78, 5) is 12.8. The molecule has 234 valence electrons. The van der Waals surface area contributed by atoms with Crippen LogP contribution in [-0.2, 0) is 25.7 Å². The fraction of sp³-hybridized carbons (Fsp3) is 0.306. The highest BCUT2D eigenvalue weighted by Gasteiger charge is 2.03. The first-order chi connectivity index (χ1) is 21.7. The van der Waals surface area contributed by atoms with Crippen LogP contribution in [0.15, 0.2) is 75.6 Å². The number of guanidine groups is 1. The number of aliphatic imine (C=N–C) groups is 3. The predicted molar refractivity (Wildman–Crippen MR) is 188 cm³/mol. The van der Waals surface area contributed by atoms with E-state index in [1.165, 1.54) is 11.1 Å². The van der Waals surface area contributed by atoms with Crippen LogP contribution in [0, 0.1) is 23.7 Å². The van der Waals surface area contributed by atoms with E-state index in [1.807, 2.05) is 24.3 Å². The van der Waals surface area contributed by atoms with Crippen LogP contribution in [-0.4, -0.2) is 50.5 Å². The van der Waals surface area contributed by atoms with E-state index in [1.54, 1.807) is 13.8 Å². The molecule has 0 radical (unpaired) electrons. The second-order valence-corrected chi connectivity index (χ2v) is 10.7. The van der Waals surface area contributed by atoms with Crippen LogP contribution in [0.3, 0.4) is 0 Å². The lowest BCUT2D eigenvalue weighted by atomic mass is 10.0. The van der Waals surface area contributed by atoms with E-state index < -0.39 is 0 Å². The molecule has 0 aliphatic heterocycles. The van der Waals surface area contributed by atoms with Gasteiger partial charge in [-0.25, -0.2) is 0 Å². The van der Waals surface area contributed by atoms with Crippen LogP contribution < -0.4 is 34.0 Å². The fourth-order valence-electron chi connectivity index (χ4n) is 4.54. The zero-order valence-corrected chi connectivity index (χ0v) is 26.4. The average molecular weight is 604 g/mol. The van der Waals surface area contributed by atoms with Gasteiger partial charge >= 0.3 is 0 Å². The molecule has 0 saturated carbocycles. The maximum Gasteiger partial charge on any atom is 0.185 e. The monoisotopic (exact) mass is 603 g/mol. The summed E-state index contributed by atoms with van der Waals surface area (Å²) >= 11 is 0. The van der Waals surface area contributed by atoms with Gasteiger partial charge in [-0.3, -0.25) is 15.0 Å². The van der Waals surface area contributed by atoms with Crippen molar-refractivity contribution in [2.24, 2.45) is 43.6 Å². The molecule has 3 rings (SSSR count). The van der Waals surface area contributed by atoms with Crippen LogP contribution >= 0.6 is 0 Å². The van der Waals surface area contributed by atoms with Gasteiger partial charge in [-0.2, -0.15) is 0 Å². The highest BCUT2D eigenvalue weighted by Crippen LogP contribution is 2.14. The van der Waals surface area contributed by atoms with Gasteiger partial charge in [-0.05, 0) is 110 Å². The van der Waals surface area contributed by atoms with Crippen molar-refractivity contribution in [3.63, 3.8) is 0 Å². The molecule has 0 unspecified atom stereocenters. The lowest BCUT2D eigenvalue weighted by Crippen LogP contribution is -2.24. The first kappa shape index (κ1) is 34.4. The molecule has 9 nitrogen and oxygen atoms in total. The van der Waals surface area contributed by atoms with Gasteiger partial charge in [-0.1, -0.05) is 35.8 Å². The lowest BCUT2D eigenvalue weighted by molar-refractivity contribution is 0.700. The SMILES string of the molecule is CC(N)=NCCc1cc(C#Cc2ccc(C#Cc3cc(CCN=C(C)N)cc(CCNCN)c3)cc2)cc(CCN=C(N)N)c1. The molecule has 0 amide bonds. The van der Waals surface area contributed by atoms with Crippen LogP contribution in [0.4, 0.5) is 0 Å². The van der Waals surface area contributed by atoms with Gasteiger partial charge in [-0.15, -0.1) is 0 Å². The number of amidine groups is 2. The topological polar surface area (TPSA) is 179 Å². The molecule has 3 aromatic carbocycles. The summed E-state index contributed by atoms with van der Waals surface area (Å²) in [6.07, 6.45) is 3.15. The first-order valence-corrected chi connectivity index (χ1v) is 15.1. The number of nitrogens with zero attached hydrogens (tertiary/aromatic N) is 3.